The number of piperazine rings is 2. The van der Waals surface area contributed by atoms with Crippen LogP contribution in [-0.4, -0.2) is 182 Å². The SMILES string of the molecule is Cc1ncsc1-c1ccc(CCC(=O)[C@@H]2C[C@@H](O)CN2C(=O)[C@@H](CC(=O)CCOCCOCCC(=O)NCCN2CCN(Cc3cccc(-c4ccc(N5CCN(C)CC5)c(NC(=O)c5c[nH]c(=O)cc5C(F)(F)F)c4)c3)CC2)C(C)(C)C)cc1. The fourth-order valence-corrected chi connectivity index (χ4v) is 11.9. The van der Waals surface area contributed by atoms with Crippen LogP contribution in [0.1, 0.15) is 85.6 Å². The molecule has 2 aromatic heterocycles. The number of ketones is 2. The summed E-state index contributed by atoms with van der Waals surface area (Å²) in [6.07, 6.45) is -3.76. The third-order valence-corrected chi connectivity index (χ3v) is 17.1. The number of nitrogens with zero attached hydrogens (tertiary/aromatic N) is 6. The molecule has 5 aromatic rings. The molecular formula is C63H80F3N9O9S. The van der Waals surface area contributed by atoms with Crippen molar-refractivity contribution in [1.82, 2.24) is 34.9 Å². The molecule has 0 aliphatic carbocycles. The molecule has 8 rings (SSSR count). The van der Waals surface area contributed by atoms with Gasteiger partial charge in [0, 0.05) is 129 Å². The molecule has 18 nitrogen and oxygen atoms in total. The number of alkyl halides is 3. The van der Waals surface area contributed by atoms with Gasteiger partial charge in [-0.15, -0.1) is 11.3 Å². The maximum absolute atomic E-state index is 14.1. The van der Waals surface area contributed by atoms with Crippen LogP contribution in [0.15, 0.2) is 89.3 Å². The monoisotopic (exact) mass is 1200 g/mol. The molecule has 5 heterocycles. The fourth-order valence-electron chi connectivity index (χ4n) is 11.1. The van der Waals surface area contributed by atoms with Crippen molar-refractivity contribution in [2.45, 2.75) is 91.1 Å². The number of thiazole rings is 1. The highest BCUT2D eigenvalue weighted by Gasteiger charge is 2.44. The standard InChI is InChI=1S/C63H80F3N9O9S/c1-42-59(85-41-69-42)45-12-9-43(10-13-45)11-16-56(78)55-36-49(77)40-75(55)61(82)52(62(2,3)4)35-48(76)17-29-83-31-32-84-30-18-57(79)67-19-20-72-23-25-73(26-24-72)39-44-7-6-8-46(33-44)47-14-15-54(74-27-21-71(5)22-28-74)53(34-47)70-60(81)50-38-68-58(80)37-51(50)63(64,65)66/h6-10,12-15,33-34,37-38,41,49,52,55,77H,11,16-32,35-36,39-40H2,1-5H3,(H,67,79)(H,68,80)(H,70,81)/t49-,52-,55+/m1/s1. The molecule has 3 atom stereocenters. The largest absolute Gasteiger partial charge is 0.417 e. The Hall–Kier alpha value is -6.66. The lowest BCUT2D eigenvalue weighted by Gasteiger charge is -2.35. The quantitative estimate of drug-likeness (QED) is 0.0400. The first-order valence-corrected chi connectivity index (χ1v) is 30.1. The van der Waals surface area contributed by atoms with Gasteiger partial charge >= 0.3 is 6.18 Å². The second-order valence-electron chi connectivity index (χ2n) is 23.5. The van der Waals surface area contributed by atoms with Crippen molar-refractivity contribution in [2.75, 3.05) is 116 Å². The minimum Gasteiger partial charge on any atom is -0.391 e. The predicted octanol–water partition coefficient (Wildman–Crippen LogP) is 7.33. The highest BCUT2D eigenvalue weighted by atomic mass is 32.1. The molecule has 0 unspecified atom stereocenters. The smallest absolute Gasteiger partial charge is 0.391 e. The Labute approximate surface area is 499 Å². The van der Waals surface area contributed by atoms with Gasteiger partial charge in [-0.25, -0.2) is 4.98 Å². The number of aliphatic hydroxyl groups excluding tert-OH is 1. The number of aromatic amines is 1. The van der Waals surface area contributed by atoms with Crippen LogP contribution in [0.5, 0.6) is 0 Å². The second-order valence-corrected chi connectivity index (χ2v) is 24.3. The highest BCUT2D eigenvalue weighted by Crippen LogP contribution is 2.37. The van der Waals surface area contributed by atoms with Crippen molar-refractivity contribution < 1.29 is 51.7 Å². The van der Waals surface area contributed by atoms with Crippen LogP contribution in [-0.2, 0) is 47.8 Å². The molecule has 0 spiro atoms. The predicted molar refractivity (Wildman–Crippen MR) is 322 cm³/mol. The maximum Gasteiger partial charge on any atom is 0.417 e. The van der Waals surface area contributed by atoms with Crippen molar-refractivity contribution in [3.63, 3.8) is 0 Å². The molecule has 3 aromatic carbocycles. The molecule has 3 saturated heterocycles. The molecule has 3 fully saturated rings. The number of benzene rings is 3. The third-order valence-electron chi connectivity index (χ3n) is 16.1. The number of halogens is 3. The summed E-state index contributed by atoms with van der Waals surface area (Å²) in [4.78, 5) is 97.0. The Kier molecular flexibility index (Phi) is 22.4. The average Bonchev–Trinajstić information content (AvgIpc) is 4.33. The van der Waals surface area contributed by atoms with Crippen LogP contribution < -0.4 is 21.1 Å². The first-order chi connectivity index (χ1) is 40.6. The molecule has 3 amide bonds. The lowest BCUT2D eigenvalue weighted by Crippen LogP contribution is -2.48. The number of carbonyl (C=O) groups is 5. The molecule has 0 radical (unpaired) electrons. The number of rotatable bonds is 26. The van der Waals surface area contributed by atoms with Gasteiger partial charge in [0.1, 0.15) is 5.78 Å². The Balaban J connectivity index is 0.702. The number of H-pyrrole nitrogens is 1. The van der Waals surface area contributed by atoms with Crippen LogP contribution in [0.4, 0.5) is 24.5 Å². The average molecular weight is 1200 g/mol. The van der Waals surface area contributed by atoms with E-state index in [2.05, 4.69) is 52.3 Å². The van der Waals surface area contributed by atoms with Gasteiger partial charge in [0.25, 0.3) is 5.91 Å². The summed E-state index contributed by atoms with van der Waals surface area (Å²) in [5.74, 6) is -2.34. The van der Waals surface area contributed by atoms with Gasteiger partial charge in [0.05, 0.1) is 77.2 Å². The van der Waals surface area contributed by atoms with Crippen LogP contribution in [0.3, 0.4) is 0 Å². The number of likely N-dealkylation sites (N-methyl/N-ethyl adjacent to an activating group) is 1. The van der Waals surface area contributed by atoms with Gasteiger partial charge in [-0.1, -0.05) is 69.3 Å². The number of hydrogen-bond acceptors (Lipinski definition) is 15. The zero-order valence-electron chi connectivity index (χ0n) is 49.3. The topological polar surface area (TPSA) is 210 Å². The Morgan fingerprint density at radius 3 is 2.18 bits per heavy atom. The van der Waals surface area contributed by atoms with E-state index in [1.54, 1.807) is 17.4 Å². The molecule has 22 heteroatoms. The number of β-amino-alcohol motifs (C(OH)–C–C–N with tert-alkyl or cyclic N) is 1. The van der Waals surface area contributed by atoms with Crippen molar-refractivity contribution in [3.8, 4) is 21.6 Å². The zero-order valence-corrected chi connectivity index (χ0v) is 50.1. The van der Waals surface area contributed by atoms with E-state index in [4.69, 9.17) is 9.47 Å². The summed E-state index contributed by atoms with van der Waals surface area (Å²) in [6, 6.07) is 21.4. The van der Waals surface area contributed by atoms with Gasteiger partial charge < -0.3 is 44.9 Å². The first-order valence-electron chi connectivity index (χ1n) is 29.3. The minimum atomic E-state index is -4.91. The number of amides is 3. The molecular weight excluding hydrogens is 1120 g/mol. The molecule has 0 bridgehead atoms. The number of nitrogens with one attached hydrogen (secondary N) is 3. The van der Waals surface area contributed by atoms with E-state index in [9.17, 15) is 47.0 Å². The zero-order chi connectivity index (χ0) is 60.8. The van der Waals surface area contributed by atoms with E-state index in [-0.39, 0.29) is 88.5 Å². The lowest BCUT2D eigenvalue weighted by atomic mass is 9.76. The van der Waals surface area contributed by atoms with Crippen molar-refractivity contribution in [2.24, 2.45) is 11.3 Å². The molecule has 3 aliphatic rings. The number of likely N-dealkylation sites (tertiary alicyclic amines) is 1. The van der Waals surface area contributed by atoms with E-state index in [1.807, 2.05) is 88.8 Å². The van der Waals surface area contributed by atoms with Crippen molar-refractivity contribution in [1.29, 1.82) is 0 Å². The number of Topliss-reactive ketones (excluding diaryl/α,β-unsaturated/α-hetero) is 2. The van der Waals surface area contributed by atoms with Gasteiger partial charge in [0.2, 0.25) is 17.4 Å². The summed E-state index contributed by atoms with van der Waals surface area (Å²) in [7, 11) is 2.02. The van der Waals surface area contributed by atoms with Crippen molar-refractivity contribution >= 4 is 52.0 Å². The number of pyridine rings is 1. The lowest BCUT2D eigenvalue weighted by molar-refractivity contribution is -0.146. The summed E-state index contributed by atoms with van der Waals surface area (Å²) in [5, 5.41) is 16.4. The van der Waals surface area contributed by atoms with E-state index < -0.39 is 52.2 Å². The first kappa shape index (κ1) is 64.3. The molecule has 458 valence electrons. The van der Waals surface area contributed by atoms with Gasteiger partial charge in [-0.2, -0.15) is 13.2 Å². The van der Waals surface area contributed by atoms with E-state index in [0.29, 0.717) is 56.6 Å². The normalized spacial score (nSPS) is 17.7. The van der Waals surface area contributed by atoms with Crippen LogP contribution in [0, 0.1) is 18.3 Å². The maximum atomic E-state index is 14.1. The Morgan fingerprint density at radius 1 is 0.812 bits per heavy atom. The molecule has 3 aliphatic heterocycles. The van der Waals surface area contributed by atoms with Gasteiger partial charge in [-0.3, -0.25) is 38.6 Å². The Bertz CT molecular complexity index is 3150. The van der Waals surface area contributed by atoms with Gasteiger partial charge in [-0.05, 0) is 71.8 Å². The Morgan fingerprint density at radius 2 is 1.49 bits per heavy atom. The number of aromatic nitrogens is 2. The summed E-state index contributed by atoms with van der Waals surface area (Å²) >= 11 is 1.58. The van der Waals surface area contributed by atoms with E-state index in [1.165, 1.54) is 4.90 Å². The van der Waals surface area contributed by atoms with Gasteiger partial charge in [0.15, 0.2) is 5.78 Å². The number of anilines is 2. The van der Waals surface area contributed by atoms with Crippen molar-refractivity contribution in [3.05, 3.63) is 123 Å². The summed E-state index contributed by atoms with van der Waals surface area (Å²) < 4.78 is 53.2. The van der Waals surface area contributed by atoms with Crippen LogP contribution in [0.2, 0.25) is 0 Å². The molecule has 85 heavy (non-hydrogen) atoms. The minimum absolute atomic E-state index is 0.0128. The fraction of sp³-hybridized carbons (Fsp3) is 0.508. The number of carbonyl (C=O) groups excluding carboxylic acids is 5. The van der Waals surface area contributed by atoms with E-state index in [0.717, 1.165) is 83.9 Å². The third kappa shape index (κ3) is 18.2. The molecule has 0 saturated carbocycles. The number of aliphatic hydroxyl groups is 1. The van der Waals surface area contributed by atoms with Crippen LogP contribution >= 0.6 is 11.3 Å². The summed E-state index contributed by atoms with van der Waals surface area (Å²) in [5.41, 5.74) is 5.12. The second kappa shape index (κ2) is 29.6. The highest BCUT2D eigenvalue weighted by molar-refractivity contribution is 7.13. The number of ether oxygens (including phenoxy) is 2. The van der Waals surface area contributed by atoms with E-state index >= 15 is 0 Å². The molecule has 4 N–H and O–H groups in total. The summed E-state index contributed by atoms with van der Waals surface area (Å²) in [6.45, 7) is 16.6. The number of hydrogen-bond donors (Lipinski definition) is 4. The number of aryl methyl sites for hydroxylation is 2. The van der Waals surface area contributed by atoms with Crippen LogP contribution in [0.25, 0.3) is 21.6 Å².